The average molecular weight is 507 g/mol. The number of amides is 1. The predicted molar refractivity (Wildman–Crippen MR) is 130 cm³/mol. The molecule has 0 saturated heterocycles. The van der Waals surface area contributed by atoms with Crippen molar-refractivity contribution in [3.05, 3.63) is 58.9 Å². The Balaban J connectivity index is 1.57. The van der Waals surface area contributed by atoms with Crippen LogP contribution < -0.4 is 10.1 Å². The highest BCUT2D eigenvalue weighted by Gasteiger charge is 2.14. The number of hydrogen-bond donors (Lipinski definition) is 1. The second kappa shape index (κ2) is 11.5. The molecule has 1 N–H and O–H groups in total. The number of halogens is 2. The van der Waals surface area contributed by atoms with Crippen molar-refractivity contribution >= 4 is 44.5 Å². The first kappa shape index (κ1) is 23.6. The molecule has 5 nitrogen and oxygen atoms in total. The van der Waals surface area contributed by atoms with Gasteiger partial charge >= 0.3 is 0 Å². The maximum Gasteiger partial charge on any atom is 0.220 e. The van der Waals surface area contributed by atoms with E-state index in [0.717, 1.165) is 47.3 Å². The van der Waals surface area contributed by atoms with Crippen molar-refractivity contribution in [2.45, 2.75) is 46.2 Å². The quantitative estimate of drug-likeness (QED) is 0.336. The normalized spacial score (nSPS) is 12.1. The van der Waals surface area contributed by atoms with Gasteiger partial charge in [0, 0.05) is 23.3 Å². The second-order valence-corrected chi connectivity index (χ2v) is 9.02. The zero-order chi connectivity index (χ0) is 22.2. The molecule has 7 heteroatoms. The second-order valence-electron chi connectivity index (χ2n) is 7.79. The van der Waals surface area contributed by atoms with Gasteiger partial charge in [-0.25, -0.2) is 4.98 Å². The van der Waals surface area contributed by atoms with Crippen LogP contribution in [0.15, 0.2) is 42.5 Å². The summed E-state index contributed by atoms with van der Waals surface area (Å²) in [7, 11) is 0. The first-order valence-electron chi connectivity index (χ1n) is 10.7. The molecule has 1 unspecified atom stereocenters. The minimum Gasteiger partial charge on any atom is -0.493 e. The van der Waals surface area contributed by atoms with Crippen molar-refractivity contribution in [2.75, 3.05) is 11.9 Å². The SMILES string of the molecule is CCCn1c(CNC(=O)CC(C)Cc2cccc(OCCBr)c2)nc2ccc(Cl)cc21. The largest absolute Gasteiger partial charge is 0.493 e. The number of nitrogens with one attached hydrogen (secondary N) is 1. The molecule has 1 aromatic heterocycles. The van der Waals surface area contributed by atoms with Crippen LogP contribution >= 0.6 is 27.5 Å². The van der Waals surface area contributed by atoms with Gasteiger partial charge in [0.2, 0.25) is 5.91 Å². The minimum atomic E-state index is 0.0346. The summed E-state index contributed by atoms with van der Waals surface area (Å²) in [4.78, 5) is 17.3. The lowest BCUT2D eigenvalue weighted by Gasteiger charge is -2.13. The number of alkyl halides is 1. The molecule has 0 aliphatic rings. The zero-order valence-electron chi connectivity index (χ0n) is 18.0. The summed E-state index contributed by atoms with van der Waals surface area (Å²) in [6.07, 6.45) is 2.27. The van der Waals surface area contributed by atoms with Crippen LogP contribution in [0.25, 0.3) is 11.0 Å². The van der Waals surface area contributed by atoms with E-state index in [4.69, 9.17) is 21.3 Å². The van der Waals surface area contributed by atoms with Gasteiger partial charge in [-0.05, 0) is 54.7 Å². The molecule has 0 bridgehead atoms. The molecule has 1 amide bonds. The number of ether oxygens (including phenoxy) is 1. The Bertz CT molecular complexity index is 1020. The standard InChI is InChI=1S/C24H29BrClN3O2/c1-3-10-29-22-15-19(26)7-8-21(22)28-23(29)16-27-24(30)13-17(2)12-18-5-4-6-20(14-18)31-11-9-25/h4-8,14-15,17H,3,9-13,16H2,1-2H3,(H,27,30). The predicted octanol–water partition coefficient (Wildman–Crippen LogP) is 5.76. The molecule has 0 radical (unpaired) electrons. The van der Waals surface area contributed by atoms with Crippen LogP contribution in [-0.4, -0.2) is 27.4 Å². The van der Waals surface area contributed by atoms with E-state index in [1.807, 2.05) is 30.3 Å². The van der Waals surface area contributed by atoms with Crippen LogP contribution in [-0.2, 0) is 24.3 Å². The van der Waals surface area contributed by atoms with Crippen LogP contribution in [0.3, 0.4) is 0 Å². The van der Waals surface area contributed by atoms with E-state index in [0.29, 0.717) is 24.6 Å². The number of carbonyl (C=O) groups excluding carboxylic acids is 1. The molecule has 0 aliphatic carbocycles. The number of imidazole rings is 1. The summed E-state index contributed by atoms with van der Waals surface area (Å²) >= 11 is 9.53. The van der Waals surface area contributed by atoms with Gasteiger partial charge in [-0.1, -0.05) is 53.5 Å². The molecule has 3 rings (SSSR count). The fourth-order valence-corrected chi connectivity index (χ4v) is 4.04. The third kappa shape index (κ3) is 6.71. The van der Waals surface area contributed by atoms with Gasteiger partial charge < -0.3 is 14.6 Å². The maximum absolute atomic E-state index is 12.6. The van der Waals surface area contributed by atoms with Crippen molar-refractivity contribution in [3.8, 4) is 5.75 Å². The first-order chi connectivity index (χ1) is 15.0. The summed E-state index contributed by atoms with van der Waals surface area (Å²) in [5.74, 6) is 1.98. The fraction of sp³-hybridized carbons (Fsp3) is 0.417. The molecule has 1 heterocycles. The van der Waals surface area contributed by atoms with Gasteiger partial charge in [0.05, 0.1) is 24.2 Å². The summed E-state index contributed by atoms with van der Waals surface area (Å²) in [6.45, 7) is 6.11. The summed E-state index contributed by atoms with van der Waals surface area (Å²) < 4.78 is 7.81. The molecule has 0 spiro atoms. The molecule has 3 aromatic rings. The molecule has 1 atom stereocenters. The number of fused-ring (bicyclic) bond motifs is 1. The summed E-state index contributed by atoms with van der Waals surface area (Å²) in [6, 6.07) is 13.8. The van der Waals surface area contributed by atoms with Crippen LogP contribution in [0, 0.1) is 5.92 Å². The average Bonchev–Trinajstić information content (AvgIpc) is 3.08. The Kier molecular flexibility index (Phi) is 8.79. The van der Waals surface area contributed by atoms with Crippen LogP contribution in [0.1, 0.15) is 38.1 Å². The first-order valence-corrected chi connectivity index (χ1v) is 12.2. The molecule has 166 valence electrons. The monoisotopic (exact) mass is 505 g/mol. The number of benzene rings is 2. The van der Waals surface area contributed by atoms with Crippen molar-refractivity contribution in [3.63, 3.8) is 0 Å². The van der Waals surface area contributed by atoms with E-state index in [-0.39, 0.29) is 11.8 Å². The lowest BCUT2D eigenvalue weighted by molar-refractivity contribution is -0.122. The highest BCUT2D eigenvalue weighted by Crippen LogP contribution is 2.22. The summed E-state index contributed by atoms with van der Waals surface area (Å²) in [5.41, 5.74) is 3.08. The number of carbonyl (C=O) groups is 1. The van der Waals surface area contributed by atoms with Gasteiger partial charge in [-0.15, -0.1) is 0 Å². The van der Waals surface area contributed by atoms with Crippen LogP contribution in [0.4, 0.5) is 0 Å². The van der Waals surface area contributed by atoms with E-state index in [2.05, 4.69) is 51.8 Å². The van der Waals surface area contributed by atoms with Gasteiger partial charge in [0.1, 0.15) is 11.6 Å². The Morgan fingerprint density at radius 3 is 2.90 bits per heavy atom. The lowest BCUT2D eigenvalue weighted by atomic mass is 9.97. The topological polar surface area (TPSA) is 56.2 Å². The fourth-order valence-electron chi connectivity index (χ4n) is 3.71. The minimum absolute atomic E-state index is 0.0346. The smallest absolute Gasteiger partial charge is 0.220 e. The maximum atomic E-state index is 12.6. The van der Waals surface area contributed by atoms with Crippen molar-refractivity contribution < 1.29 is 9.53 Å². The number of hydrogen-bond acceptors (Lipinski definition) is 3. The van der Waals surface area contributed by atoms with Gasteiger partial charge in [-0.2, -0.15) is 0 Å². The van der Waals surface area contributed by atoms with Crippen molar-refractivity contribution in [1.29, 1.82) is 0 Å². The highest BCUT2D eigenvalue weighted by atomic mass is 79.9. The number of aromatic nitrogens is 2. The summed E-state index contributed by atoms with van der Waals surface area (Å²) in [5, 5.41) is 4.53. The lowest BCUT2D eigenvalue weighted by Crippen LogP contribution is -2.26. The number of rotatable bonds is 11. The van der Waals surface area contributed by atoms with E-state index in [9.17, 15) is 4.79 Å². The van der Waals surface area contributed by atoms with Crippen LogP contribution in [0.5, 0.6) is 5.75 Å². The molecule has 0 saturated carbocycles. The molecule has 0 aliphatic heterocycles. The van der Waals surface area contributed by atoms with Gasteiger partial charge in [-0.3, -0.25) is 4.79 Å². The zero-order valence-corrected chi connectivity index (χ0v) is 20.4. The van der Waals surface area contributed by atoms with E-state index in [1.165, 1.54) is 5.56 Å². The Hall–Kier alpha value is -2.05. The third-order valence-corrected chi connectivity index (χ3v) is 5.60. The molecule has 2 aromatic carbocycles. The Labute approximate surface area is 197 Å². The molecular weight excluding hydrogens is 478 g/mol. The van der Waals surface area contributed by atoms with Crippen LogP contribution in [0.2, 0.25) is 5.02 Å². The number of nitrogens with zero attached hydrogens (tertiary/aromatic N) is 2. The third-order valence-electron chi connectivity index (χ3n) is 5.04. The van der Waals surface area contributed by atoms with Crippen molar-refractivity contribution in [2.24, 2.45) is 5.92 Å². The van der Waals surface area contributed by atoms with Crippen molar-refractivity contribution in [1.82, 2.24) is 14.9 Å². The van der Waals surface area contributed by atoms with Gasteiger partial charge in [0.15, 0.2) is 0 Å². The van der Waals surface area contributed by atoms with E-state index >= 15 is 0 Å². The van der Waals surface area contributed by atoms with Gasteiger partial charge in [0.25, 0.3) is 0 Å². The highest BCUT2D eigenvalue weighted by molar-refractivity contribution is 9.09. The van der Waals surface area contributed by atoms with E-state index in [1.54, 1.807) is 0 Å². The molecule has 31 heavy (non-hydrogen) atoms. The Morgan fingerprint density at radius 2 is 2.13 bits per heavy atom. The van der Waals surface area contributed by atoms with E-state index < -0.39 is 0 Å². The number of aryl methyl sites for hydroxylation is 1. The molecule has 0 fully saturated rings. The Morgan fingerprint density at radius 1 is 1.29 bits per heavy atom. The molecular formula is C24H29BrClN3O2.